The Bertz CT molecular complexity index is 1800. The Labute approximate surface area is 219 Å². The van der Waals surface area contributed by atoms with Crippen LogP contribution >= 0.6 is 0 Å². The van der Waals surface area contributed by atoms with E-state index >= 15 is 0 Å². The van der Waals surface area contributed by atoms with Gasteiger partial charge in [0.15, 0.2) is 0 Å². The molecule has 5 rings (SSSR count). The van der Waals surface area contributed by atoms with Crippen molar-refractivity contribution in [2.24, 2.45) is 0 Å². The molecule has 0 amide bonds. The molecule has 3 aromatic carbocycles. The summed E-state index contributed by atoms with van der Waals surface area (Å²) < 4.78 is 9.55. The van der Waals surface area contributed by atoms with Crippen LogP contribution in [-0.2, 0) is 9.47 Å². The largest absolute Gasteiger partial charge is 0.465 e. The van der Waals surface area contributed by atoms with Crippen molar-refractivity contribution in [2.45, 2.75) is 0 Å². The first-order valence-electron chi connectivity index (χ1n) is 11.6. The fraction of sp³-hybridized carbons (Fsp3) is 0.0625. The molecular weight excluding hydrogens is 476 g/mol. The lowest BCUT2D eigenvalue weighted by atomic mass is 10.0. The van der Waals surface area contributed by atoms with Crippen LogP contribution in [0.1, 0.15) is 43.0 Å². The van der Waals surface area contributed by atoms with E-state index in [2.05, 4.69) is 33.6 Å². The topological polar surface area (TPSA) is 78.4 Å². The Kier molecular flexibility index (Phi) is 6.80. The number of ether oxygens (including phenoxy) is 2. The molecule has 182 valence electrons. The van der Waals surface area contributed by atoms with Crippen molar-refractivity contribution >= 4 is 33.7 Å². The molecule has 0 radical (unpaired) electrons. The first-order valence-corrected chi connectivity index (χ1v) is 11.6. The fourth-order valence-electron chi connectivity index (χ4n) is 3.97. The summed E-state index contributed by atoms with van der Waals surface area (Å²) in [6.07, 6.45) is 3.52. The van der Waals surface area contributed by atoms with Gasteiger partial charge in [-0.15, -0.1) is 0 Å². The number of fused-ring (bicyclic) bond motifs is 3. The van der Waals surface area contributed by atoms with Crippen molar-refractivity contribution in [3.05, 3.63) is 119 Å². The number of esters is 2. The second-order valence-corrected chi connectivity index (χ2v) is 8.26. The number of pyridine rings is 2. The summed E-state index contributed by atoms with van der Waals surface area (Å²) in [5.74, 6) is 11.4. The molecule has 5 aromatic rings. The van der Waals surface area contributed by atoms with Gasteiger partial charge in [-0.05, 0) is 66.7 Å². The van der Waals surface area contributed by atoms with Crippen LogP contribution in [0.15, 0.2) is 85.2 Å². The van der Waals surface area contributed by atoms with Crippen LogP contribution < -0.4 is 0 Å². The molecule has 2 aromatic heterocycles. The van der Waals surface area contributed by atoms with E-state index in [1.807, 2.05) is 54.6 Å². The minimum atomic E-state index is -0.562. The van der Waals surface area contributed by atoms with E-state index in [0.717, 1.165) is 38.5 Å². The van der Waals surface area contributed by atoms with Crippen LogP contribution in [0.5, 0.6) is 0 Å². The standard InChI is InChI=1S/C32H20N2O4/c1-37-31(35)26-17-23(18-27(20-26)32(36)38-2)12-11-21-7-9-22(10-8-21)13-14-24-19-25-5-3-15-33-29(25)30-28(24)6-4-16-34-30/h3-10,15-20H,1-2H3. The predicted molar refractivity (Wildman–Crippen MR) is 145 cm³/mol. The second kappa shape index (κ2) is 10.7. The van der Waals surface area contributed by atoms with Gasteiger partial charge in [0.1, 0.15) is 0 Å². The third-order valence-corrected chi connectivity index (χ3v) is 5.81. The maximum Gasteiger partial charge on any atom is 0.337 e. The van der Waals surface area contributed by atoms with E-state index in [9.17, 15) is 9.59 Å². The molecule has 0 aliphatic carbocycles. The zero-order valence-electron chi connectivity index (χ0n) is 20.6. The molecule has 6 nitrogen and oxygen atoms in total. The Hall–Kier alpha value is -5.46. The highest BCUT2D eigenvalue weighted by Gasteiger charge is 2.13. The summed E-state index contributed by atoms with van der Waals surface area (Å²) in [7, 11) is 2.55. The average molecular weight is 497 g/mol. The van der Waals surface area contributed by atoms with Gasteiger partial charge >= 0.3 is 11.9 Å². The SMILES string of the molecule is COC(=O)c1cc(C#Cc2ccc(C#Cc3cc4cccnc4c4ncccc34)cc2)cc(C(=O)OC)c1. The molecule has 0 saturated carbocycles. The number of carbonyl (C=O) groups excluding carboxylic acids is 2. The highest BCUT2D eigenvalue weighted by atomic mass is 16.5. The van der Waals surface area contributed by atoms with Crippen molar-refractivity contribution in [1.82, 2.24) is 9.97 Å². The Balaban J connectivity index is 1.43. The lowest BCUT2D eigenvalue weighted by Crippen LogP contribution is -2.07. The molecule has 38 heavy (non-hydrogen) atoms. The lowest BCUT2D eigenvalue weighted by molar-refractivity contribution is 0.0599. The minimum Gasteiger partial charge on any atom is -0.465 e. The van der Waals surface area contributed by atoms with E-state index in [1.165, 1.54) is 20.3 Å². The number of methoxy groups -OCH3 is 2. The monoisotopic (exact) mass is 496 g/mol. The van der Waals surface area contributed by atoms with Crippen LogP contribution in [0.2, 0.25) is 0 Å². The Morgan fingerprint density at radius 1 is 0.632 bits per heavy atom. The summed E-state index contributed by atoms with van der Waals surface area (Å²) in [6.45, 7) is 0. The maximum atomic E-state index is 12.0. The van der Waals surface area contributed by atoms with E-state index in [1.54, 1.807) is 24.5 Å². The van der Waals surface area contributed by atoms with E-state index in [-0.39, 0.29) is 11.1 Å². The molecule has 0 saturated heterocycles. The van der Waals surface area contributed by atoms with Gasteiger partial charge < -0.3 is 9.47 Å². The number of carbonyl (C=O) groups is 2. The van der Waals surface area contributed by atoms with Gasteiger partial charge in [-0.2, -0.15) is 0 Å². The first-order chi connectivity index (χ1) is 18.6. The second-order valence-electron chi connectivity index (χ2n) is 8.26. The number of hydrogen-bond donors (Lipinski definition) is 0. The Morgan fingerprint density at radius 2 is 1.18 bits per heavy atom. The van der Waals surface area contributed by atoms with Gasteiger partial charge in [0.2, 0.25) is 0 Å². The van der Waals surface area contributed by atoms with Gasteiger partial charge in [0, 0.05) is 45.4 Å². The van der Waals surface area contributed by atoms with Crippen LogP contribution in [0.3, 0.4) is 0 Å². The molecule has 0 aliphatic heterocycles. The first kappa shape index (κ1) is 24.2. The average Bonchev–Trinajstić information content (AvgIpc) is 2.98. The van der Waals surface area contributed by atoms with Crippen LogP contribution in [0.4, 0.5) is 0 Å². The summed E-state index contributed by atoms with van der Waals surface area (Å²) in [5.41, 5.74) is 5.08. The maximum absolute atomic E-state index is 12.0. The number of aromatic nitrogens is 2. The molecule has 0 bridgehead atoms. The zero-order valence-corrected chi connectivity index (χ0v) is 20.6. The highest BCUT2D eigenvalue weighted by molar-refractivity contribution is 6.05. The summed E-state index contributed by atoms with van der Waals surface area (Å²) in [6, 6.07) is 21.9. The van der Waals surface area contributed by atoms with Gasteiger partial charge in [-0.1, -0.05) is 29.7 Å². The molecule has 0 aliphatic rings. The molecule has 0 unspecified atom stereocenters. The van der Waals surface area contributed by atoms with E-state index in [4.69, 9.17) is 9.47 Å². The number of benzene rings is 3. The number of nitrogens with zero attached hydrogens (tertiary/aromatic N) is 2. The van der Waals surface area contributed by atoms with Gasteiger partial charge in [0.05, 0.1) is 36.4 Å². The number of rotatable bonds is 2. The molecule has 0 atom stereocenters. The molecule has 2 heterocycles. The van der Waals surface area contributed by atoms with Crippen molar-refractivity contribution in [1.29, 1.82) is 0 Å². The van der Waals surface area contributed by atoms with Crippen LogP contribution in [0.25, 0.3) is 21.8 Å². The van der Waals surface area contributed by atoms with Crippen molar-refractivity contribution in [3.8, 4) is 23.7 Å². The predicted octanol–water partition coefficient (Wildman–Crippen LogP) is 5.16. The Morgan fingerprint density at radius 3 is 1.82 bits per heavy atom. The summed E-state index contributed by atoms with van der Waals surface area (Å²) in [5, 5.41) is 1.94. The van der Waals surface area contributed by atoms with Gasteiger partial charge in [0.25, 0.3) is 0 Å². The third-order valence-electron chi connectivity index (χ3n) is 5.81. The highest BCUT2D eigenvalue weighted by Crippen LogP contribution is 2.25. The molecule has 6 heteroatoms. The zero-order chi connectivity index (χ0) is 26.5. The van der Waals surface area contributed by atoms with Crippen LogP contribution in [-0.4, -0.2) is 36.1 Å². The third kappa shape index (κ3) is 5.06. The summed E-state index contributed by atoms with van der Waals surface area (Å²) in [4.78, 5) is 33.0. The van der Waals surface area contributed by atoms with E-state index in [0.29, 0.717) is 5.56 Å². The number of hydrogen-bond acceptors (Lipinski definition) is 6. The smallest absolute Gasteiger partial charge is 0.337 e. The quantitative estimate of drug-likeness (QED) is 0.191. The lowest BCUT2D eigenvalue weighted by Gasteiger charge is -2.04. The van der Waals surface area contributed by atoms with Crippen molar-refractivity contribution in [2.75, 3.05) is 14.2 Å². The molecule has 0 N–H and O–H groups in total. The van der Waals surface area contributed by atoms with Crippen LogP contribution in [0, 0.1) is 23.7 Å². The normalized spacial score (nSPS) is 10.2. The molecule has 0 spiro atoms. The van der Waals surface area contributed by atoms with E-state index < -0.39 is 11.9 Å². The van der Waals surface area contributed by atoms with Gasteiger partial charge in [-0.25, -0.2) is 9.59 Å². The molecule has 0 fully saturated rings. The molecular formula is C32H20N2O4. The minimum absolute atomic E-state index is 0.220. The van der Waals surface area contributed by atoms with Crippen molar-refractivity contribution in [3.63, 3.8) is 0 Å². The van der Waals surface area contributed by atoms with Crippen molar-refractivity contribution < 1.29 is 19.1 Å². The fourth-order valence-corrected chi connectivity index (χ4v) is 3.97. The summed E-state index contributed by atoms with van der Waals surface area (Å²) >= 11 is 0. The van der Waals surface area contributed by atoms with Gasteiger partial charge in [-0.3, -0.25) is 9.97 Å².